The van der Waals surface area contributed by atoms with E-state index < -0.39 is 0 Å². The molecule has 3 atom stereocenters. The first-order chi connectivity index (χ1) is 9.81. The average Bonchev–Trinajstić information content (AvgIpc) is 2.95. The van der Waals surface area contributed by atoms with E-state index in [1.54, 1.807) is 0 Å². The molecule has 0 N–H and O–H groups in total. The molecule has 0 aromatic carbocycles. The van der Waals surface area contributed by atoms with E-state index in [0.717, 1.165) is 18.6 Å². The predicted octanol–water partition coefficient (Wildman–Crippen LogP) is 2.75. The molecule has 0 saturated carbocycles. The number of hydrogen-bond donors (Lipinski definition) is 0. The number of likely N-dealkylation sites (tertiary alicyclic amines) is 2. The van der Waals surface area contributed by atoms with Crippen molar-refractivity contribution in [1.82, 2.24) is 9.80 Å². The highest BCUT2D eigenvalue weighted by Gasteiger charge is 2.27. The van der Waals surface area contributed by atoms with E-state index in [9.17, 15) is 0 Å². The van der Waals surface area contributed by atoms with Crippen LogP contribution in [0.5, 0.6) is 0 Å². The molecule has 3 aliphatic heterocycles. The van der Waals surface area contributed by atoms with Crippen molar-refractivity contribution in [2.45, 2.75) is 64.0 Å². The zero-order valence-corrected chi connectivity index (χ0v) is 13.2. The van der Waals surface area contributed by atoms with Gasteiger partial charge in [-0.05, 0) is 64.5 Å². The second-order valence-electron chi connectivity index (χ2n) is 7.24. The second-order valence-corrected chi connectivity index (χ2v) is 7.24. The highest BCUT2D eigenvalue weighted by Crippen LogP contribution is 2.24. The normalized spacial score (nSPS) is 37.4. The van der Waals surface area contributed by atoms with Crippen molar-refractivity contribution in [2.75, 3.05) is 39.3 Å². The highest BCUT2D eigenvalue weighted by molar-refractivity contribution is 4.81. The fraction of sp³-hybridized carbons (Fsp3) is 1.00. The molecule has 0 aromatic rings. The Morgan fingerprint density at radius 3 is 2.70 bits per heavy atom. The fourth-order valence-corrected chi connectivity index (χ4v) is 4.30. The van der Waals surface area contributed by atoms with E-state index in [0.29, 0.717) is 6.10 Å². The summed E-state index contributed by atoms with van der Waals surface area (Å²) < 4.78 is 5.81. The van der Waals surface area contributed by atoms with Gasteiger partial charge in [0.15, 0.2) is 0 Å². The van der Waals surface area contributed by atoms with Crippen LogP contribution in [0.3, 0.4) is 0 Å². The standard InChI is InChI=1S/C17H32N2O/c1-15-6-2-3-10-19(15)13-16-7-4-9-18(12-16)14-17-8-5-11-20-17/h15-17H,2-14H2,1H3. The van der Waals surface area contributed by atoms with Crippen molar-refractivity contribution < 1.29 is 4.74 Å². The lowest BCUT2D eigenvalue weighted by molar-refractivity contribution is 0.0447. The second kappa shape index (κ2) is 7.24. The molecule has 116 valence electrons. The molecule has 0 amide bonds. The van der Waals surface area contributed by atoms with Gasteiger partial charge >= 0.3 is 0 Å². The van der Waals surface area contributed by atoms with E-state index in [1.165, 1.54) is 77.7 Å². The largest absolute Gasteiger partial charge is 0.377 e. The highest BCUT2D eigenvalue weighted by atomic mass is 16.5. The molecule has 3 unspecified atom stereocenters. The monoisotopic (exact) mass is 280 g/mol. The van der Waals surface area contributed by atoms with Crippen LogP contribution >= 0.6 is 0 Å². The fourth-order valence-electron chi connectivity index (χ4n) is 4.30. The molecule has 0 aromatic heterocycles. The van der Waals surface area contributed by atoms with Crippen LogP contribution in [0, 0.1) is 5.92 Å². The molecule has 0 spiro atoms. The van der Waals surface area contributed by atoms with Crippen LogP contribution in [0.15, 0.2) is 0 Å². The third-order valence-electron chi connectivity index (χ3n) is 5.52. The van der Waals surface area contributed by atoms with Crippen LogP contribution in [0.2, 0.25) is 0 Å². The van der Waals surface area contributed by atoms with Gasteiger partial charge in [0.1, 0.15) is 0 Å². The van der Waals surface area contributed by atoms with Crippen LogP contribution in [0.25, 0.3) is 0 Å². The van der Waals surface area contributed by atoms with Gasteiger partial charge in [0.05, 0.1) is 6.10 Å². The first kappa shape index (κ1) is 14.8. The molecule has 3 aliphatic rings. The summed E-state index contributed by atoms with van der Waals surface area (Å²) in [7, 11) is 0. The van der Waals surface area contributed by atoms with Gasteiger partial charge in [0.2, 0.25) is 0 Å². The molecule has 3 saturated heterocycles. The molecule has 3 fully saturated rings. The Bertz CT molecular complexity index is 291. The van der Waals surface area contributed by atoms with Crippen LogP contribution in [-0.2, 0) is 4.74 Å². The maximum atomic E-state index is 5.81. The van der Waals surface area contributed by atoms with E-state index in [-0.39, 0.29) is 0 Å². The topological polar surface area (TPSA) is 15.7 Å². The van der Waals surface area contributed by atoms with Crippen molar-refractivity contribution in [3.05, 3.63) is 0 Å². The number of hydrogen-bond acceptors (Lipinski definition) is 3. The first-order valence-electron chi connectivity index (χ1n) is 8.89. The summed E-state index contributed by atoms with van der Waals surface area (Å²) in [5, 5.41) is 0. The number of piperidine rings is 2. The minimum Gasteiger partial charge on any atom is -0.377 e. The lowest BCUT2D eigenvalue weighted by Crippen LogP contribution is -2.46. The Morgan fingerprint density at radius 2 is 1.90 bits per heavy atom. The van der Waals surface area contributed by atoms with Crippen molar-refractivity contribution in [2.24, 2.45) is 5.92 Å². The molecule has 0 bridgehead atoms. The van der Waals surface area contributed by atoms with Crippen molar-refractivity contribution in [1.29, 1.82) is 0 Å². The third kappa shape index (κ3) is 3.96. The lowest BCUT2D eigenvalue weighted by atomic mass is 9.94. The Labute approximate surface area is 124 Å². The SMILES string of the molecule is CC1CCCCN1CC1CCCN(CC2CCCO2)C1. The molecule has 0 radical (unpaired) electrons. The predicted molar refractivity (Wildman–Crippen MR) is 83.0 cm³/mol. The third-order valence-corrected chi connectivity index (χ3v) is 5.52. The summed E-state index contributed by atoms with van der Waals surface area (Å²) in [5.74, 6) is 0.894. The van der Waals surface area contributed by atoms with Crippen molar-refractivity contribution >= 4 is 0 Å². The van der Waals surface area contributed by atoms with Gasteiger partial charge in [-0.25, -0.2) is 0 Å². The van der Waals surface area contributed by atoms with E-state index in [4.69, 9.17) is 4.74 Å². The van der Waals surface area contributed by atoms with Crippen LogP contribution in [0.1, 0.15) is 51.9 Å². The van der Waals surface area contributed by atoms with Gasteiger partial charge in [-0.2, -0.15) is 0 Å². The van der Waals surface area contributed by atoms with Gasteiger partial charge in [-0.1, -0.05) is 6.42 Å². The average molecular weight is 280 g/mol. The zero-order valence-electron chi connectivity index (χ0n) is 13.2. The maximum Gasteiger partial charge on any atom is 0.0702 e. The summed E-state index contributed by atoms with van der Waals surface area (Å²) >= 11 is 0. The van der Waals surface area contributed by atoms with Crippen LogP contribution in [0.4, 0.5) is 0 Å². The van der Waals surface area contributed by atoms with Gasteiger partial charge < -0.3 is 14.5 Å². The molecule has 20 heavy (non-hydrogen) atoms. The summed E-state index contributed by atoms with van der Waals surface area (Å²) in [6.07, 6.45) is 10.2. The Morgan fingerprint density at radius 1 is 0.950 bits per heavy atom. The summed E-state index contributed by atoms with van der Waals surface area (Å²) in [6, 6.07) is 0.817. The molecular weight excluding hydrogens is 248 g/mol. The molecule has 0 aliphatic carbocycles. The summed E-state index contributed by atoms with van der Waals surface area (Å²) in [5.41, 5.74) is 0. The number of nitrogens with zero attached hydrogens (tertiary/aromatic N) is 2. The van der Waals surface area contributed by atoms with Gasteiger partial charge in [-0.15, -0.1) is 0 Å². The Hall–Kier alpha value is -0.120. The van der Waals surface area contributed by atoms with Gasteiger partial charge in [0, 0.05) is 32.3 Å². The van der Waals surface area contributed by atoms with Crippen LogP contribution < -0.4 is 0 Å². The van der Waals surface area contributed by atoms with Crippen LogP contribution in [-0.4, -0.2) is 61.3 Å². The molecule has 3 rings (SSSR count). The van der Waals surface area contributed by atoms with E-state index in [1.807, 2.05) is 0 Å². The minimum atomic E-state index is 0.530. The molecule has 3 heterocycles. The smallest absolute Gasteiger partial charge is 0.0702 e. The molecule has 3 nitrogen and oxygen atoms in total. The van der Waals surface area contributed by atoms with Gasteiger partial charge in [-0.3, -0.25) is 0 Å². The summed E-state index contributed by atoms with van der Waals surface area (Å²) in [4.78, 5) is 5.43. The minimum absolute atomic E-state index is 0.530. The van der Waals surface area contributed by atoms with E-state index in [2.05, 4.69) is 16.7 Å². The number of rotatable bonds is 4. The first-order valence-corrected chi connectivity index (χ1v) is 8.89. The zero-order chi connectivity index (χ0) is 13.8. The van der Waals surface area contributed by atoms with E-state index >= 15 is 0 Å². The Balaban J connectivity index is 1.44. The Kier molecular flexibility index (Phi) is 5.36. The molecule has 3 heteroatoms. The number of ether oxygens (including phenoxy) is 1. The lowest BCUT2D eigenvalue weighted by Gasteiger charge is -2.40. The maximum absolute atomic E-state index is 5.81. The van der Waals surface area contributed by atoms with Crippen molar-refractivity contribution in [3.63, 3.8) is 0 Å². The van der Waals surface area contributed by atoms with Crippen molar-refractivity contribution in [3.8, 4) is 0 Å². The van der Waals surface area contributed by atoms with Gasteiger partial charge in [0.25, 0.3) is 0 Å². The molecular formula is C17H32N2O. The quantitative estimate of drug-likeness (QED) is 0.787. The summed E-state index contributed by atoms with van der Waals surface area (Å²) in [6.45, 7) is 9.88.